The van der Waals surface area contributed by atoms with Gasteiger partial charge in [-0.2, -0.15) is 10.1 Å². The molecule has 0 aromatic carbocycles. The Balaban J connectivity index is 0.00000192. The van der Waals surface area contributed by atoms with E-state index in [1.165, 1.54) is 0 Å². The van der Waals surface area contributed by atoms with Gasteiger partial charge in [0.1, 0.15) is 5.69 Å². The molecule has 5 rings (SSSR count). The minimum absolute atomic E-state index is 0. The third-order valence-electron chi connectivity index (χ3n) is 5.20. The molecule has 5 heterocycles. The second-order valence-electron chi connectivity index (χ2n) is 7.25. The highest BCUT2D eigenvalue weighted by Crippen LogP contribution is 2.32. The molecule has 9 nitrogen and oxygen atoms in total. The number of rotatable bonds is 1. The van der Waals surface area contributed by atoms with E-state index in [2.05, 4.69) is 27.3 Å². The molecule has 1 fully saturated rings. The Bertz CT molecular complexity index is 986. The molecule has 144 valence electrons. The van der Waals surface area contributed by atoms with Crippen molar-refractivity contribution in [3.63, 3.8) is 0 Å². The van der Waals surface area contributed by atoms with Gasteiger partial charge in [0.15, 0.2) is 5.65 Å². The molecule has 3 aromatic heterocycles. The molecule has 2 aliphatic heterocycles. The lowest BCUT2D eigenvalue weighted by atomic mass is 10.1. The maximum atomic E-state index is 5.98. The molecule has 3 aromatic rings. The average Bonchev–Trinajstić information content (AvgIpc) is 3.19. The number of fused-ring (bicyclic) bond motifs is 2. The van der Waals surface area contributed by atoms with Gasteiger partial charge in [-0.3, -0.25) is 4.68 Å². The Hall–Kier alpha value is -2.68. The van der Waals surface area contributed by atoms with Crippen LogP contribution in [-0.4, -0.2) is 48.8 Å². The number of nitrogens with zero attached hydrogens (tertiary/aromatic N) is 6. The van der Waals surface area contributed by atoms with Crippen LogP contribution in [0.5, 0.6) is 5.88 Å². The van der Waals surface area contributed by atoms with E-state index in [1.54, 1.807) is 0 Å². The van der Waals surface area contributed by atoms with E-state index in [4.69, 9.17) is 14.6 Å². The molecule has 9 heteroatoms. The molecule has 27 heavy (non-hydrogen) atoms. The van der Waals surface area contributed by atoms with Crippen LogP contribution >= 0.6 is 0 Å². The third kappa shape index (κ3) is 3.01. The van der Waals surface area contributed by atoms with Crippen molar-refractivity contribution in [2.45, 2.75) is 51.8 Å². The molecule has 0 spiro atoms. The summed E-state index contributed by atoms with van der Waals surface area (Å²) in [4.78, 5) is 9.13. The van der Waals surface area contributed by atoms with Gasteiger partial charge < -0.3 is 14.8 Å². The minimum atomic E-state index is 0. The monoisotopic (exact) mass is 371 g/mol. The highest BCUT2D eigenvalue weighted by Gasteiger charge is 2.24. The summed E-state index contributed by atoms with van der Waals surface area (Å²) >= 11 is 0. The second-order valence-corrected chi connectivity index (χ2v) is 7.25. The van der Waals surface area contributed by atoms with E-state index in [-0.39, 0.29) is 7.53 Å². The van der Waals surface area contributed by atoms with E-state index in [1.807, 2.05) is 28.7 Å². The molecule has 0 saturated carbocycles. The summed E-state index contributed by atoms with van der Waals surface area (Å²) in [7, 11) is 0. The summed E-state index contributed by atoms with van der Waals surface area (Å²) in [6.45, 7) is 6.16. The van der Waals surface area contributed by atoms with E-state index in [0.29, 0.717) is 24.5 Å². The van der Waals surface area contributed by atoms with Crippen LogP contribution in [-0.2, 0) is 11.3 Å². The normalized spacial score (nSPS) is 22.7. The number of aromatic nitrogens is 6. The molecule has 1 saturated heterocycles. The summed E-state index contributed by atoms with van der Waals surface area (Å²) in [5, 5.41) is 13.5. The van der Waals surface area contributed by atoms with Crippen molar-refractivity contribution in [2.24, 2.45) is 0 Å². The van der Waals surface area contributed by atoms with Crippen molar-refractivity contribution in [3.8, 4) is 5.88 Å². The predicted molar refractivity (Wildman–Crippen MR) is 101 cm³/mol. The van der Waals surface area contributed by atoms with Gasteiger partial charge in [-0.1, -0.05) is 0 Å². The van der Waals surface area contributed by atoms with Crippen LogP contribution in [0.15, 0.2) is 12.4 Å². The van der Waals surface area contributed by atoms with E-state index >= 15 is 0 Å². The van der Waals surface area contributed by atoms with Gasteiger partial charge in [0.05, 0.1) is 36.0 Å². The highest BCUT2D eigenvalue weighted by molar-refractivity contribution is 5.78. The van der Waals surface area contributed by atoms with Gasteiger partial charge in [-0.15, -0.1) is 5.10 Å². The van der Waals surface area contributed by atoms with Gasteiger partial charge in [0.2, 0.25) is 5.95 Å². The Morgan fingerprint density at radius 2 is 2.22 bits per heavy atom. The van der Waals surface area contributed by atoms with Crippen molar-refractivity contribution in [1.29, 1.82) is 0 Å². The first-order chi connectivity index (χ1) is 13.2. The maximum Gasteiger partial charge on any atom is 0.256 e. The lowest BCUT2D eigenvalue weighted by Gasteiger charge is -2.27. The molecular formula is C18H25N7O2. The van der Waals surface area contributed by atoms with Crippen LogP contribution in [0.3, 0.4) is 0 Å². The second kappa shape index (κ2) is 6.49. The molecular weight excluding hydrogens is 346 g/mol. The zero-order chi connectivity index (χ0) is 18.4. The largest absolute Gasteiger partial charge is 0.475 e. The summed E-state index contributed by atoms with van der Waals surface area (Å²) in [6, 6.07) is 0.312. The first-order valence-electron chi connectivity index (χ1n) is 9.48. The van der Waals surface area contributed by atoms with Crippen LogP contribution in [0.25, 0.3) is 11.0 Å². The fourth-order valence-corrected chi connectivity index (χ4v) is 3.80. The zero-order valence-corrected chi connectivity index (χ0v) is 15.6. The smallest absolute Gasteiger partial charge is 0.256 e. The molecule has 2 bridgehead atoms. The average molecular weight is 371 g/mol. The summed E-state index contributed by atoms with van der Waals surface area (Å²) in [5.74, 6) is 1.11. The van der Waals surface area contributed by atoms with E-state index < -0.39 is 0 Å². The molecule has 0 unspecified atom stereocenters. The Labute approximate surface area is 158 Å². The quantitative estimate of drug-likeness (QED) is 0.703. The molecule has 2 aliphatic rings. The fraction of sp³-hybridized carbons (Fsp3) is 0.556. The van der Waals surface area contributed by atoms with Crippen LogP contribution in [0, 0.1) is 6.92 Å². The van der Waals surface area contributed by atoms with Crippen molar-refractivity contribution >= 4 is 22.7 Å². The number of hydrogen-bond donors (Lipinski definition) is 1. The lowest BCUT2D eigenvalue weighted by Crippen LogP contribution is -2.25. The van der Waals surface area contributed by atoms with Crippen molar-refractivity contribution in [2.75, 3.05) is 18.5 Å². The molecule has 0 amide bonds. The van der Waals surface area contributed by atoms with Crippen LogP contribution in [0.2, 0.25) is 0 Å². The predicted octanol–water partition coefficient (Wildman–Crippen LogP) is 2.84. The first-order valence-corrected chi connectivity index (χ1v) is 9.48. The summed E-state index contributed by atoms with van der Waals surface area (Å²) < 4.78 is 15.6. The number of nitrogens with one attached hydrogen (secondary N) is 1. The Kier molecular flexibility index (Phi) is 3.96. The van der Waals surface area contributed by atoms with E-state index in [9.17, 15) is 0 Å². The van der Waals surface area contributed by atoms with Gasteiger partial charge >= 0.3 is 0 Å². The number of anilines is 2. The van der Waals surface area contributed by atoms with Crippen LogP contribution in [0.1, 0.15) is 39.3 Å². The lowest BCUT2D eigenvalue weighted by molar-refractivity contribution is 0.00327. The van der Waals surface area contributed by atoms with E-state index in [0.717, 1.165) is 54.8 Å². The number of aryl methyl sites for hydroxylation is 2. The Morgan fingerprint density at radius 3 is 3.11 bits per heavy atom. The minimum Gasteiger partial charge on any atom is -0.475 e. The van der Waals surface area contributed by atoms with Gasteiger partial charge in [0, 0.05) is 27.2 Å². The van der Waals surface area contributed by atoms with Crippen molar-refractivity contribution in [1.82, 2.24) is 29.5 Å². The van der Waals surface area contributed by atoms with Gasteiger partial charge in [0.25, 0.3) is 5.88 Å². The summed E-state index contributed by atoms with van der Waals surface area (Å²) in [5.41, 5.74) is 2.58. The molecule has 0 radical (unpaired) electrons. The summed E-state index contributed by atoms with van der Waals surface area (Å²) in [6.07, 6.45) is 6.79. The maximum absolute atomic E-state index is 5.98. The Morgan fingerprint density at radius 1 is 1.30 bits per heavy atom. The van der Waals surface area contributed by atoms with Crippen LogP contribution < -0.4 is 10.1 Å². The SMILES string of the molecule is Cc1nn2c3nc(ncc13)Nc1cn([C@@H]3CCO[C@H](C)C3)nc1OCCC2.[HH]. The topological polar surface area (TPSA) is 91.9 Å². The molecule has 0 aliphatic carbocycles. The van der Waals surface area contributed by atoms with Crippen molar-refractivity contribution < 1.29 is 10.9 Å². The highest BCUT2D eigenvalue weighted by atomic mass is 16.5. The number of hydrogen-bond acceptors (Lipinski definition) is 7. The molecule has 1 N–H and O–H groups in total. The van der Waals surface area contributed by atoms with Crippen molar-refractivity contribution in [3.05, 3.63) is 18.1 Å². The first kappa shape index (κ1) is 16.5. The number of ether oxygens (including phenoxy) is 2. The standard InChI is InChI=1S/C18H23N7O2.H2/c1-11-8-13(4-7-26-11)25-10-15-17(23-25)27-6-3-5-24-16-14(12(2)22-24)9-19-18(20-15)21-16;/h9-11,13H,3-8H2,1-2H3,(H,19,20,21);1H/t11-,13-;/m1./s1. The van der Waals surface area contributed by atoms with Gasteiger partial charge in [-0.25, -0.2) is 9.67 Å². The zero-order valence-electron chi connectivity index (χ0n) is 15.6. The third-order valence-corrected chi connectivity index (χ3v) is 5.20. The van der Waals surface area contributed by atoms with Gasteiger partial charge in [-0.05, 0) is 26.7 Å². The fourth-order valence-electron chi connectivity index (χ4n) is 3.80. The molecule has 2 atom stereocenters. The van der Waals surface area contributed by atoms with Crippen LogP contribution in [0.4, 0.5) is 11.6 Å².